The van der Waals surface area contributed by atoms with Crippen LogP contribution in [0, 0.1) is 29.6 Å². The number of aliphatic hydroxyl groups excluding tert-OH is 1. The average Bonchev–Trinajstić information content (AvgIpc) is 2.95. The lowest BCUT2D eigenvalue weighted by Crippen LogP contribution is -2.33. The van der Waals surface area contributed by atoms with E-state index in [1.54, 1.807) is 0 Å². The highest BCUT2D eigenvalue weighted by Gasteiger charge is 2.45. The molecule has 104 valence electrons. The highest BCUT2D eigenvalue weighted by molar-refractivity contribution is 4.94. The number of aliphatic hydroxyl groups is 1. The summed E-state index contributed by atoms with van der Waals surface area (Å²) in [5.74, 6) is 3.55. The van der Waals surface area contributed by atoms with Crippen LogP contribution in [0.25, 0.3) is 0 Å². The first-order valence-corrected chi connectivity index (χ1v) is 7.89. The fourth-order valence-electron chi connectivity index (χ4n) is 5.09. The van der Waals surface area contributed by atoms with Gasteiger partial charge in [0.1, 0.15) is 0 Å². The Hall–Kier alpha value is -0.0800. The first kappa shape index (κ1) is 12.9. The van der Waals surface area contributed by atoms with Crippen molar-refractivity contribution in [2.45, 2.75) is 71.2 Å². The number of hydrogen-bond donors (Lipinski definition) is 1. The van der Waals surface area contributed by atoms with Crippen molar-refractivity contribution in [3.05, 3.63) is 0 Å². The van der Waals surface area contributed by atoms with Crippen LogP contribution in [0.4, 0.5) is 0 Å². The summed E-state index contributed by atoms with van der Waals surface area (Å²) in [5.41, 5.74) is 0. The van der Waals surface area contributed by atoms with Crippen LogP contribution in [0.1, 0.15) is 52.9 Å². The van der Waals surface area contributed by atoms with Crippen molar-refractivity contribution in [1.82, 2.24) is 0 Å². The zero-order valence-corrected chi connectivity index (χ0v) is 12.0. The van der Waals surface area contributed by atoms with Gasteiger partial charge in [-0.15, -0.1) is 0 Å². The highest BCUT2D eigenvalue weighted by Crippen LogP contribution is 2.51. The van der Waals surface area contributed by atoms with E-state index in [9.17, 15) is 5.11 Å². The summed E-state index contributed by atoms with van der Waals surface area (Å²) in [6.07, 6.45) is 7.11. The summed E-state index contributed by atoms with van der Waals surface area (Å²) in [4.78, 5) is 0. The van der Waals surface area contributed by atoms with E-state index >= 15 is 0 Å². The van der Waals surface area contributed by atoms with Gasteiger partial charge >= 0.3 is 0 Å². The Morgan fingerprint density at radius 1 is 1.11 bits per heavy atom. The van der Waals surface area contributed by atoms with E-state index in [0.29, 0.717) is 17.9 Å². The van der Waals surface area contributed by atoms with Crippen LogP contribution in [0.15, 0.2) is 0 Å². The molecule has 2 nitrogen and oxygen atoms in total. The third-order valence-corrected chi connectivity index (χ3v) is 6.19. The molecule has 2 bridgehead atoms. The molecule has 8 unspecified atom stereocenters. The number of fused-ring (bicyclic) bond motifs is 2. The molecule has 0 aromatic rings. The van der Waals surface area contributed by atoms with Gasteiger partial charge in [-0.25, -0.2) is 0 Å². The Morgan fingerprint density at radius 2 is 1.89 bits per heavy atom. The third-order valence-electron chi connectivity index (χ3n) is 6.19. The van der Waals surface area contributed by atoms with Crippen LogP contribution in [0.5, 0.6) is 0 Å². The largest absolute Gasteiger partial charge is 0.393 e. The minimum Gasteiger partial charge on any atom is -0.393 e. The van der Waals surface area contributed by atoms with E-state index in [2.05, 4.69) is 20.8 Å². The van der Waals surface area contributed by atoms with Crippen molar-refractivity contribution in [2.24, 2.45) is 29.6 Å². The third kappa shape index (κ3) is 2.12. The Kier molecular flexibility index (Phi) is 3.44. The summed E-state index contributed by atoms with van der Waals surface area (Å²) in [6, 6.07) is 0. The lowest BCUT2D eigenvalue weighted by Gasteiger charge is -2.30. The molecule has 18 heavy (non-hydrogen) atoms. The Balaban J connectivity index is 1.59. The monoisotopic (exact) mass is 252 g/mol. The molecule has 0 radical (unpaired) electrons. The first-order chi connectivity index (χ1) is 8.56. The summed E-state index contributed by atoms with van der Waals surface area (Å²) < 4.78 is 5.87. The fraction of sp³-hybridized carbons (Fsp3) is 1.00. The van der Waals surface area contributed by atoms with Crippen molar-refractivity contribution in [2.75, 3.05) is 0 Å². The quantitative estimate of drug-likeness (QED) is 0.835. The first-order valence-electron chi connectivity index (χ1n) is 7.89. The van der Waals surface area contributed by atoms with Crippen LogP contribution < -0.4 is 0 Å². The smallest absolute Gasteiger partial charge is 0.0607 e. The van der Waals surface area contributed by atoms with Gasteiger partial charge in [0, 0.05) is 5.92 Å². The molecule has 2 aliphatic carbocycles. The van der Waals surface area contributed by atoms with Gasteiger partial charge in [-0.1, -0.05) is 13.3 Å². The lowest BCUT2D eigenvalue weighted by atomic mass is 9.77. The molecule has 3 aliphatic rings. The number of ether oxygens (including phenoxy) is 1. The van der Waals surface area contributed by atoms with Crippen molar-refractivity contribution >= 4 is 0 Å². The van der Waals surface area contributed by atoms with Gasteiger partial charge in [0.05, 0.1) is 18.3 Å². The van der Waals surface area contributed by atoms with E-state index in [4.69, 9.17) is 4.74 Å². The Morgan fingerprint density at radius 3 is 2.39 bits per heavy atom. The normalized spacial score (nSPS) is 53.0. The van der Waals surface area contributed by atoms with Crippen molar-refractivity contribution in [3.63, 3.8) is 0 Å². The summed E-state index contributed by atoms with van der Waals surface area (Å²) in [7, 11) is 0. The standard InChI is InChI=1S/C16H28O2/c1-9-10(2)18-11(3)16(9)15(17)8-14-7-12-4-5-13(14)6-12/h9-17H,4-8H2,1-3H3. The maximum Gasteiger partial charge on any atom is 0.0607 e. The van der Waals surface area contributed by atoms with Crippen LogP contribution in [0.2, 0.25) is 0 Å². The maximum absolute atomic E-state index is 10.6. The molecule has 1 N–H and O–H groups in total. The average molecular weight is 252 g/mol. The molecule has 3 rings (SSSR count). The predicted octanol–water partition coefficient (Wildman–Crippen LogP) is 3.23. The molecular formula is C16H28O2. The van der Waals surface area contributed by atoms with Gasteiger partial charge in [-0.3, -0.25) is 0 Å². The molecule has 1 heterocycles. The van der Waals surface area contributed by atoms with Crippen molar-refractivity contribution < 1.29 is 9.84 Å². The molecule has 1 saturated heterocycles. The number of rotatable bonds is 3. The van der Waals surface area contributed by atoms with Gasteiger partial charge in [0.15, 0.2) is 0 Å². The van der Waals surface area contributed by atoms with Crippen molar-refractivity contribution in [3.8, 4) is 0 Å². The second-order valence-electron chi connectivity index (χ2n) is 7.22. The topological polar surface area (TPSA) is 29.5 Å². The minimum absolute atomic E-state index is 0.149. The molecule has 8 atom stereocenters. The van der Waals surface area contributed by atoms with Gasteiger partial charge in [-0.2, -0.15) is 0 Å². The predicted molar refractivity (Wildman–Crippen MR) is 72.2 cm³/mol. The van der Waals surface area contributed by atoms with E-state index in [0.717, 1.165) is 24.2 Å². The summed E-state index contributed by atoms with van der Waals surface area (Å²) in [5, 5.41) is 10.6. The molecule has 2 heteroatoms. The van der Waals surface area contributed by atoms with E-state index in [1.807, 2.05) is 0 Å². The van der Waals surface area contributed by atoms with Crippen molar-refractivity contribution in [1.29, 1.82) is 0 Å². The molecule has 2 saturated carbocycles. The molecule has 0 aromatic heterocycles. The van der Waals surface area contributed by atoms with Gasteiger partial charge in [-0.05, 0) is 63.2 Å². The molecule has 0 aromatic carbocycles. The zero-order valence-electron chi connectivity index (χ0n) is 12.0. The second-order valence-corrected chi connectivity index (χ2v) is 7.22. The van der Waals surface area contributed by atoms with Gasteiger partial charge in [0.25, 0.3) is 0 Å². The van der Waals surface area contributed by atoms with Gasteiger partial charge in [0.2, 0.25) is 0 Å². The second kappa shape index (κ2) is 4.79. The SMILES string of the molecule is CC1OC(C)C(C(O)CC2CC3CCC2C3)C1C. The Bertz CT molecular complexity index is 303. The van der Waals surface area contributed by atoms with Crippen LogP contribution in [-0.2, 0) is 4.74 Å². The maximum atomic E-state index is 10.6. The van der Waals surface area contributed by atoms with Crippen LogP contribution in [0.3, 0.4) is 0 Å². The lowest BCUT2D eigenvalue weighted by molar-refractivity contribution is 0.0116. The van der Waals surface area contributed by atoms with Crippen LogP contribution >= 0.6 is 0 Å². The minimum atomic E-state index is -0.149. The molecule has 1 aliphatic heterocycles. The number of hydrogen-bond acceptors (Lipinski definition) is 2. The highest BCUT2D eigenvalue weighted by atomic mass is 16.5. The molecular weight excluding hydrogens is 224 g/mol. The molecule has 0 amide bonds. The summed E-state index contributed by atoms with van der Waals surface area (Å²) in [6.45, 7) is 6.52. The van der Waals surface area contributed by atoms with E-state index in [-0.39, 0.29) is 12.2 Å². The Labute approximate surface area is 111 Å². The molecule has 0 spiro atoms. The van der Waals surface area contributed by atoms with Gasteiger partial charge < -0.3 is 9.84 Å². The van der Waals surface area contributed by atoms with E-state index in [1.165, 1.54) is 25.7 Å². The fourth-order valence-corrected chi connectivity index (χ4v) is 5.09. The zero-order chi connectivity index (χ0) is 12.9. The van der Waals surface area contributed by atoms with E-state index < -0.39 is 0 Å². The molecule has 3 fully saturated rings. The van der Waals surface area contributed by atoms with Crippen LogP contribution in [-0.4, -0.2) is 23.4 Å². The summed E-state index contributed by atoms with van der Waals surface area (Å²) >= 11 is 0.